The van der Waals surface area contributed by atoms with Crippen molar-refractivity contribution in [2.75, 3.05) is 18.4 Å². The van der Waals surface area contributed by atoms with Gasteiger partial charge in [-0.05, 0) is 24.1 Å². The van der Waals surface area contributed by atoms with Crippen LogP contribution in [0.2, 0.25) is 0 Å². The van der Waals surface area contributed by atoms with Crippen LogP contribution in [-0.4, -0.2) is 30.8 Å². The van der Waals surface area contributed by atoms with Crippen molar-refractivity contribution in [3.05, 3.63) is 29.8 Å². The minimum absolute atomic E-state index is 0.181. The van der Waals surface area contributed by atoms with Crippen molar-refractivity contribution in [1.82, 2.24) is 10.6 Å². The molecule has 0 aliphatic heterocycles. The molecule has 108 valence electrons. The Morgan fingerprint density at radius 1 is 0.950 bits per heavy atom. The third-order valence-electron chi connectivity index (χ3n) is 2.61. The fraction of sp³-hybridized carbons (Fsp3) is 0.357. The zero-order valence-corrected chi connectivity index (χ0v) is 11.7. The summed E-state index contributed by atoms with van der Waals surface area (Å²) in [7, 11) is 0. The molecule has 0 unspecified atom stereocenters. The quantitative estimate of drug-likeness (QED) is 0.539. The van der Waals surface area contributed by atoms with Gasteiger partial charge in [0.25, 0.3) is 0 Å². The van der Waals surface area contributed by atoms with Crippen LogP contribution in [0.5, 0.6) is 0 Å². The first-order valence-electron chi connectivity index (χ1n) is 6.45. The second-order valence-corrected chi connectivity index (χ2v) is 4.24. The molecule has 0 aliphatic rings. The number of hydrogen-bond acceptors (Lipinski definition) is 3. The molecule has 0 aromatic heterocycles. The second-order valence-electron chi connectivity index (χ2n) is 4.24. The van der Waals surface area contributed by atoms with Gasteiger partial charge in [0, 0.05) is 25.7 Å². The van der Waals surface area contributed by atoms with Crippen LogP contribution in [0.3, 0.4) is 0 Å². The molecule has 6 heteroatoms. The Morgan fingerprint density at radius 2 is 1.55 bits per heavy atom. The third-order valence-corrected chi connectivity index (χ3v) is 2.61. The fourth-order valence-electron chi connectivity index (χ4n) is 1.51. The Hall–Kier alpha value is -2.37. The maximum atomic E-state index is 11.6. The Kier molecular flexibility index (Phi) is 6.22. The first-order chi connectivity index (χ1) is 9.52. The topological polar surface area (TPSA) is 87.3 Å². The van der Waals surface area contributed by atoms with Gasteiger partial charge in [0.1, 0.15) is 0 Å². The average molecular weight is 277 g/mol. The molecule has 0 saturated carbocycles. The summed E-state index contributed by atoms with van der Waals surface area (Å²) in [5.74, 6) is -1.63. The van der Waals surface area contributed by atoms with Gasteiger partial charge in [0.15, 0.2) is 0 Å². The van der Waals surface area contributed by atoms with Gasteiger partial charge in [-0.2, -0.15) is 0 Å². The van der Waals surface area contributed by atoms with Gasteiger partial charge in [0.05, 0.1) is 0 Å². The van der Waals surface area contributed by atoms with Gasteiger partial charge in [-0.3, -0.25) is 14.4 Å². The Balaban J connectivity index is 2.37. The molecule has 0 aliphatic carbocycles. The fourth-order valence-corrected chi connectivity index (χ4v) is 1.51. The van der Waals surface area contributed by atoms with Crippen LogP contribution in [0, 0.1) is 0 Å². The van der Waals surface area contributed by atoms with E-state index in [2.05, 4.69) is 16.0 Å². The van der Waals surface area contributed by atoms with Crippen LogP contribution in [-0.2, 0) is 20.8 Å². The number of anilines is 1. The number of amides is 3. The normalized spacial score (nSPS) is 9.70. The standard InChI is InChI=1S/C14H19N3O3/c1-3-11-4-6-12(7-5-11)17-14(20)13(19)16-9-8-15-10(2)18/h4-7H,3,8-9H2,1-2H3,(H,15,18)(H,16,19)(H,17,20). The molecule has 20 heavy (non-hydrogen) atoms. The minimum atomic E-state index is -0.727. The SMILES string of the molecule is CCc1ccc(NC(=O)C(=O)NCCNC(C)=O)cc1. The van der Waals surface area contributed by atoms with Gasteiger partial charge in [-0.25, -0.2) is 0 Å². The van der Waals surface area contributed by atoms with Crippen molar-refractivity contribution >= 4 is 23.4 Å². The summed E-state index contributed by atoms with van der Waals surface area (Å²) in [6.45, 7) is 3.92. The number of nitrogens with one attached hydrogen (secondary N) is 3. The average Bonchev–Trinajstić information content (AvgIpc) is 2.44. The highest BCUT2D eigenvalue weighted by Gasteiger charge is 2.12. The molecular weight excluding hydrogens is 258 g/mol. The van der Waals surface area contributed by atoms with Crippen LogP contribution in [0.1, 0.15) is 19.4 Å². The first kappa shape index (κ1) is 15.7. The molecule has 0 atom stereocenters. The molecule has 0 bridgehead atoms. The number of carbonyl (C=O) groups excluding carboxylic acids is 3. The van der Waals surface area contributed by atoms with Crippen LogP contribution in [0.4, 0.5) is 5.69 Å². The van der Waals surface area contributed by atoms with E-state index < -0.39 is 11.8 Å². The monoisotopic (exact) mass is 277 g/mol. The molecule has 6 nitrogen and oxygen atoms in total. The van der Waals surface area contributed by atoms with Crippen molar-refractivity contribution in [1.29, 1.82) is 0 Å². The van der Waals surface area contributed by atoms with E-state index in [0.717, 1.165) is 12.0 Å². The maximum Gasteiger partial charge on any atom is 0.313 e. The second kappa shape index (κ2) is 7.93. The van der Waals surface area contributed by atoms with Gasteiger partial charge in [0.2, 0.25) is 5.91 Å². The van der Waals surface area contributed by atoms with Crippen LogP contribution in [0.25, 0.3) is 0 Å². The van der Waals surface area contributed by atoms with E-state index in [-0.39, 0.29) is 12.5 Å². The summed E-state index contributed by atoms with van der Waals surface area (Å²) in [5.41, 5.74) is 1.73. The summed E-state index contributed by atoms with van der Waals surface area (Å²) >= 11 is 0. The molecule has 1 aromatic rings. The number of hydrogen-bond donors (Lipinski definition) is 3. The molecule has 0 spiro atoms. The van der Waals surface area contributed by atoms with Crippen LogP contribution in [0.15, 0.2) is 24.3 Å². The molecular formula is C14H19N3O3. The van der Waals surface area contributed by atoms with Gasteiger partial charge in [-0.15, -0.1) is 0 Å². The lowest BCUT2D eigenvalue weighted by atomic mass is 10.1. The molecule has 0 fully saturated rings. The lowest BCUT2D eigenvalue weighted by Gasteiger charge is -2.07. The highest BCUT2D eigenvalue weighted by molar-refractivity contribution is 6.39. The Bertz CT molecular complexity index is 483. The van der Waals surface area contributed by atoms with E-state index in [9.17, 15) is 14.4 Å². The predicted octanol–water partition coefficient (Wildman–Crippen LogP) is 0.440. The molecule has 3 N–H and O–H groups in total. The summed E-state index contributed by atoms with van der Waals surface area (Å²) in [6.07, 6.45) is 0.915. The third kappa shape index (κ3) is 5.51. The lowest BCUT2D eigenvalue weighted by Crippen LogP contribution is -2.39. The van der Waals surface area contributed by atoms with Crippen LogP contribution >= 0.6 is 0 Å². The van der Waals surface area contributed by atoms with Crippen LogP contribution < -0.4 is 16.0 Å². The zero-order chi connectivity index (χ0) is 15.0. The summed E-state index contributed by atoms with van der Waals surface area (Å²) in [4.78, 5) is 33.7. The molecule has 1 rings (SSSR count). The molecule has 0 saturated heterocycles. The predicted molar refractivity (Wildman–Crippen MR) is 76.1 cm³/mol. The van der Waals surface area contributed by atoms with E-state index in [1.54, 1.807) is 12.1 Å². The molecule has 0 heterocycles. The van der Waals surface area contributed by atoms with E-state index in [1.807, 2.05) is 19.1 Å². The summed E-state index contributed by atoms with van der Waals surface area (Å²) in [6, 6.07) is 7.29. The van der Waals surface area contributed by atoms with Crippen molar-refractivity contribution < 1.29 is 14.4 Å². The molecule has 3 amide bonds. The van der Waals surface area contributed by atoms with E-state index >= 15 is 0 Å². The van der Waals surface area contributed by atoms with Gasteiger partial charge < -0.3 is 16.0 Å². The Morgan fingerprint density at radius 3 is 2.10 bits per heavy atom. The highest BCUT2D eigenvalue weighted by atomic mass is 16.2. The number of benzene rings is 1. The number of aryl methyl sites for hydroxylation is 1. The van der Waals surface area contributed by atoms with Crippen molar-refractivity contribution in [2.24, 2.45) is 0 Å². The van der Waals surface area contributed by atoms with Crippen molar-refractivity contribution in [2.45, 2.75) is 20.3 Å². The Labute approximate surface area is 117 Å². The number of rotatable bonds is 5. The van der Waals surface area contributed by atoms with E-state index in [0.29, 0.717) is 12.2 Å². The summed E-state index contributed by atoms with van der Waals surface area (Å²) in [5, 5.41) is 7.44. The lowest BCUT2D eigenvalue weighted by molar-refractivity contribution is -0.136. The zero-order valence-electron chi connectivity index (χ0n) is 11.7. The molecule has 1 aromatic carbocycles. The summed E-state index contributed by atoms with van der Waals surface area (Å²) < 4.78 is 0. The smallest absolute Gasteiger partial charge is 0.313 e. The van der Waals surface area contributed by atoms with Crippen molar-refractivity contribution in [3.63, 3.8) is 0 Å². The highest BCUT2D eigenvalue weighted by Crippen LogP contribution is 2.09. The van der Waals surface area contributed by atoms with Crippen molar-refractivity contribution in [3.8, 4) is 0 Å². The van der Waals surface area contributed by atoms with E-state index in [1.165, 1.54) is 6.92 Å². The number of carbonyl (C=O) groups is 3. The van der Waals surface area contributed by atoms with Gasteiger partial charge >= 0.3 is 11.8 Å². The maximum absolute atomic E-state index is 11.6. The minimum Gasteiger partial charge on any atom is -0.355 e. The molecule has 0 radical (unpaired) electrons. The van der Waals surface area contributed by atoms with Gasteiger partial charge in [-0.1, -0.05) is 19.1 Å². The largest absolute Gasteiger partial charge is 0.355 e. The first-order valence-corrected chi connectivity index (χ1v) is 6.45. The van der Waals surface area contributed by atoms with E-state index in [4.69, 9.17) is 0 Å².